The summed E-state index contributed by atoms with van der Waals surface area (Å²) in [4.78, 5) is 25.2. The van der Waals surface area contributed by atoms with E-state index in [1.165, 1.54) is 6.07 Å². The molecule has 7 nitrogen and oxygen atoms in total. The highest BCUT2D eigenvalue weighted by molar-refractivity contribution is 5.93. The number of rotatable bonds is 4. The Balaban J connectivity index is 1.83. The second kappa shape index (κ2) is 6.82. The molecule has 1 atom stereocenters. The van der Waals surface area contributed by atoms with Crippen LogP contribution in [0.15, 0.2) is 16.9 Å². The number of anilines is 1. The Morgan fingerprint density at radius 3 is 2.79 bits per heavy atom. The molecule has 1 saturated carbocycles. The minimum atomic E-state index is -0.827. The Morgan fingerprint density at radius 1 is 1.39 bits per heavy atom. The predicted molar refractivity (Wildman–Crippen MR) is 102 cm³/mol. The van der Waals surface area contributed by atoms with Gasteiger partial charge in [-0.3, -0.25) is 4.79 Å². The normalized spacial score (nSPS) is 19.0. The number of aryl methyl sites for hydroxylation is 1. The highest BCUT2D eigenvalue weighted by atomic mass is 19.1. The van der Waals surface area contributed by atoms with Crippen molar-refractivity contribution in [3.8, 4) is 6.07 Å². The number of ether oxygens (including phenoxy) is 1. The molecule has 0 spiro atoms. The van der Waals surface area contributed by atoms with Crippen LogP contribution in [0.25, 0.3) is 10.9 Å². The number of nitrogens with two attached hydrogens (primary N) is 1. The summed E-state index contributed by atoms with van der Waals surface area (Å²) in [7, 11) is 0. The Hall–Kier alpha value is -3.08. The van der Waals surface area contributed by atoms with E-state index in [0.717, 1.165) is 19.3 Å². The van der Waals surface area contributed by atoms with Crippen molar-refractivity contribution in [1.29, 1.82) is 5.26 Å². The number of benzene rings is 1. The van der Waals surface area contributed by atoms with E-state index in [4.69, 9.17) is 10.5 Å². The second-order valence-electron chi connectivity index (χ2n) is 7.54. The lowest BCUT2D eigenvalue weighted by Gasteiger charge is -2.25. The molecule has 2 heterocycles. The van der Waals surface area contributed by atoms with Crippen molar-refractivity contribution in [2.45, 2.75) is 32.2 Å². The molecule has 1 aromatic heterocycles. The highest BCUT2D eigenvalue weighted by Crippen LogP contribution is 2.41. The van der Waals surface area contributed by atoms with Crippen LogP contribution in [0.5, 0.6) is 0 Å². The third-order valence-electron chi connectivity index (χ3n) is 5.62. The minimum absolute atomic E-state index is 0.0360. The van der Waals surface area contributed by atoms with Crippen molar-refractivity contribution < 1.29 is 13.9 Å². The van der Waals surface area contributed by atoms with Crippen LogP contribution in [0.2, 0.25) is 0 Å². The summed E-state index contributed by atoms with van der Waals surface area (Å²) >= 11 is 0. The van der Waals surface area contributed by atoms with Crippen LogP contribution in [-0.2, 0) is 4.74 Å². The molecule has 1 unspecified atom stereocenters. The first-order valence-electron chi connectivity index (χ1n) is 9.37. The molecule has 1 aliphatic heterocycles. The number of nitriles is 1. The van der Waals surface area contributed by atoms with Gasteiger partial charge < -0.3 is 19.9 Å². The average Bonchev–Trinajstić information content (AvgIpc) is 3.39. The molecule has 1 aliphatic carbocycles. The van der Waals surface area contributed by atoms with Crippen molar-refractivity contribution in [1.82, 2.24) is 4.57 Å². The molecule has 8 heteroatoms. The van der Waals surface area contributed by atoms with Gasteiger partial charge in [0.05, 0.1) is 23.4 Å². The molecular formula is C20H21FN4O3. The number of amides is 1. The number of aromatic nitrogens is 1. The summed E-state index contributed by atoms with van der Waals surface area (Å²) < 4.78 is 21.9. The smallest absolute Gasteiger partial charge is 0.404 e. The SMILES string of the molecule is Cc1c(N2CCC(COC(N)=O)C2)c(F)c(C#N)c2ccc(=O)n(C3CC3)c12. The molecule has 2 aliphatic rings. The molecule has 0 radical (unpaired) electrons. The van der Waals surface area contributed by atoms with Gasteiger partial charge in [-0.2, -0.15) is 5.26 Å². The van der Waals surface area contributed by atoms with Crippen molar-refractivity contribution in [2.75, 3.05) is 24.6 Å². The van der Waals surface area contributed by atoms with Crippen LogP contribution in [0.4, 0.5) is 14.9 Å². The molecule has 146 valence electrons. The van der Waals surface area contributed by atoms with Crippen LogP contribution in [0.1, 0.15) is 36.4 Å². The van der Waals surface area contributed by atoms with Gasteiger partial charge in [0.2, 0.25) is 0 Å². The zero-order valence-corrected chi connectivity index (χ0v) is 15.6. The van der Waals surface area contributed by atoms with Crippen LogP contribution in [0, 0.1) is 30.0 Å². The molecule has 4 rings (SSSR count). The number of hydrogen-bond donors (Lipinski definition) is 1. The van der Waals surface area contributed by atoms with Crippen LogP contribution >= 0.6 is 0 Å². The lowest BCUT2D eigenvalue weighted by molar-refractivity contribution is 0.140. The average molecular weight is 384 g/mol. The van der Waals surface area contributed by atoms with Gasteiger partial charge in [-0.05, 0) is 37.8 Å². The molecule has 1 aromatic carbocycles. The number of carbonyl (C=O) groups is 1. The molecule has 1 saturated heterocycles. The lowest BCUT2D eigenvalue weighted by Crippen LogP contribution is -2.26. The lowest BCUT2D eigenvalue weighted by atomic mass is 10.0. The molecule has 0 bridgehead atoms. The van der Waals surface area contributed by atoms with E-state index in [9.17, 15) is 14.9 Å². The molecule has 2 fully saturated rings. The monoisotopic (exact) mass is 384 g/mol. The van der Waals surface area contributed by atoms with E-state index < -0.39 is 11.9 Å². The van der Waals surface area contributed by atoms with Gasteiger partial charge in [0.25, 0.3) is 5.56 Å². The Bertz CT molecular complexity index is 1070. The fraction of sp³-hybridized carbons (Fsp3) is 0.450. The van der Waals surface area contributed by atoms with E-state index in [1.54, 1.807) is 17.6 Å². The standard InChI is InChI=1S/C20H21FN4O3/c1-11-18-14(4-5-16(26)25(18)13-2-3-13)15(8-22)17(21)19(11)24-7-6-12(9-24)10-28-20(23)27/h4-5,12-13H,2-3,6-7,9-10H2,1H3,(H2,23,27). The number of fused-ring (bicyclic) bond motifs is 1. The van der Waals surface area contributed by atoms with Crippen molar-refractivity contribution in [2.24, 2.45) is 11.7 Å². The van der Waals surface area contributed by atoms with Crippen LogP contribution < -0.4 is 16.2 Å². The molecular weight excluding hydrogens is 363 g/mol. The number of hydrogen-bond acceptors (Lipinski definition) is 5. The minimum Gasteiger partial charge on any atom is -0.449 e. The number of pyridine rings is 1. The van der Waals surface area contributed by atoms with Gasteiger partial charge in [-0.1, -0.05) is 0 Å². The fourth-order valence-electron chi connectivity index (χ4n) is 4.20. The number of primary amides is 1. The van der Waals surface area contributed by atoms with Gasteiger partial charge in [-0.15, -0.1) is 0 Å². The molecule has 2 N–H and O–H groups in total. The van der Waals surface area contributed by atoms with Gasteiger partial charge >= 0.3 is 6.09 Å². The first kappa shape index (κ1) is 18.3. The largest absolute Gasteiger partial charge is 0.449 e. The second-order valence-corrected chi connectivity index (χ2v) is 7.54. The maximum atomic E-state index is 15.3. The van der Waals surface area contributed by atoms with Crippen LogP contribution in [-0.4, -0.2) is 30.4 Å². The maximum Gasteiger partial charge on any atom is 0.404 e. The van der Waals surface area contributed by atoms with Gasteiger partial charge in [0.15, 0.2) is 5.82 Å². The summed E-state index contributed by atoms with van der Waals surface area (Å²) in [5, 5.41) is 10.1. The van der Waals surface area contributed by atoms with E-state index in [0.29, 0.717) is 35.2 Å². The fourth-order valence-corrected chi connectivity index (χ4v) is 4.20. The summed E-state index contributed by atoms with van der Waals surface area (Å²) in [6.07, 6.45) is 1.70. The van der Waals surface area contributed by atoms with Gasteiger partial charge in [0.1, 0.15) is 6.07 Å². The third kappa shape index (κ3) is 2.97. The zero-order valence-electron chi connectivity index (χ0n) is 15.6. The number of nitrogens with zero attached hydrogens (tertiary/aromatic N) is 3. The molecule has 28 heavy (non-hydrogen) atoms. The first-order valence-corrected chi connectivity index (χ1v) is 9.37. The Kier molecular flexibility index (Phi) is 4.46. The topological polar surface area (TPSA) is 101 Å². The number of carbonyl (C=O) groups excluding carboxylic acids is 1. The van der Waals surface area contributed by atoms with Crippen molar-refractivity contribution in [3.05, 3.63) is 39.4 Å². The zero-order chi connectivity index (χ0) is 20.0. The van der Waals surface area contributed by atoms with Gasteiger partial charge in [0, 0.05) is 36.5 Å². The Morgan fingerprint density at radius 2 is 2.14 bits per heavy atom. The summed E-state index contributed by atoms with van der Waals surface area (Å²) in [6, 6.07) is 5.04. The first-order chi connectivity index (χ1) is 13.4. The quantitative estimate of drug-likeness (QED) is 0.873. The predicted octanol–water partition coefficient (Wildman–Crippen LogP) is 2.58. The van der Waals surface area contributed by atoms with Crippen molar-refractivity contribution >= 4 is 22.7 Å². The van der Waals surface area contributed by atoms with Crippen molar-refractivity contribution in [3.63, 3.8) is 0 Å². The van der Waals surface area contributed by atoms with E-state index >= 15 is 4.39 Å². The van der Waals surface area contributed by atoms with E-state index in [1.807, 2.05) is 11.0 Å². The summed E-state index contributed by atoms with van der Waals surface area (Å²) in [5.41, 5.74) is 6.51. The molecule has 1 amide bonds. The third-order valence-corrected chi connectivity index (χ3v) is 5.62. The number of halogens is 1. The van der Waals surface area contributed by atoms with E-state index in [-0.39, 0.29) is 29.7 Å². The maximum absolute atomic E-state index is 15.3. The molecule has 2 aromatic rings. The summed E-state index contributed by atoms with van der Waals surface area (Å²) in [6.45, 7) is 3.04. The highest BCUT2D eigenvalue weighted by Gasteiger charge is 2.32. The van der Waals surface area contributed by atoms with Gasteiger partial charge in [-0.25, -0.2) is 9.18 Å². The van der Waals surface area contributed by atoms with E-state index in [2.05, 4.69) is 0 Å². The Labute approximate surface area is 161 Å². The summed E-state index contributed by atoms with van der Waals surface area (Å²) in [5.74, 6) is -0.529. The van der Waals surface area contributed by atoms with Crippen LogP contribution in [0.3, 0.4) is 0 Å².